The van der Waals surface area contributed by atoms with E-state index in [0.29, 0.717) is 11.3 Å². The van der Waals surface area contributed by atoms with E-state index < -0.39 is 34.3 Å². The van der Waals surface area contributed by atoms with E-state index in [4.69, 9.17) is 4.74 Å². The minimum atomic E-state index is -4.18. The summed E-state index contributed by atoms with van der Waals surface area (Å²) in [5, 5.41) is 2.66. The quantitative estimate of drug-likeness (QED) is 0.526. The fourth-order valence-corrected chi connectivity index (χ4v) is 4.50. The van der Waals surface area contributed by atoms with Crippen molar-refractivity contribution in [1.82, 2.24) is 0 Å². The molecular formula is C24H23FN2O5S. The molecule has 0 saturated heterocycles. The van der Waals surface area contributed by atoms with Crippen LogP contribution >= 0.6 is 0 Å². The van der Waals surface area contributed by atoms with E-state index in [1.54, 1.807) is 43.3 Å². The average Bonchev–Trinajstić information content (AvgIpc) is 2.79. The minimum Gasteiger partial charge on any atom is -0.465 e. The van der Waals surface area contributed by atoms with Gasteiger partial charge in [0.2, 0.25) is 5.91 Å². The van der Waals surface area contributed by atoms with E-state index in [1.807, 2.05) is 6.92 Å². The van der Waals surface area contributed by atoms with Gasteiger partial charge in [-0.15, -0.1) is 0 Å². The van der Waals surface area contributed by atoms with E-state index in [-0.39, 0.29) is 16.1 Å². The second kappa shape index (κ2) is 9.83. The van der Waals surface area contributed by atoms with Crippen LogP contribution in [0.5, 0.6) is 0 Å². The maximum Gasteiger partial charge on any atom is 0.337 e. The van der Waals surface area contributed by atoms with Gasteiger partial charge in [0.1, 0.15) is 12.4 Å². The highest BCUT2D eigenvalue weighted by molar-refractivity contribution is 7.92. The maximum absolute atomic E-state index is 13.3. The molecule has 3 rings (SSSR count). The second-order valence-electron chi connectivity index (χ2n) is 7.37. The SMILES string of the molecule is COC(=O)c1ccc(C)c(NC(=O)CN(c2ccc(C)cc2)S(=O)(=O)c2ccc(F)cc2)c1. The Bertz CT molecular complexity index is 1270. The number of hydrogen-bond donors (Lipinski definition) is 1. The Labute approximate surface area is 191 Å². The lowest BCUT2D eigenvalue weighted by atomic mass is 10.1. The summed E-state index contributed by atoms with van der Waals surface area (Å²) in [4.78, 5) is 24.6. The molecule has 0 radical (unpaired) electrons. The molecule has 3 aromatic carbocycles. The maximum atomic E-state index is 13.3. The van der Waals surface area contributed by atoms with Gasteiger partial charge >= 0.3 is 5.97 Å². The largest absolute Gasteiger partial charge is 0.465 e. The Kier molecular flexibility index (Phi) is 7.13. The van der Waals surface area contributed by atoms with Gasteiger partial charge in [-0.05, 0) is 67.9 Å². The molecule has 0 heterocycles. The van der Waals surface area contributed by atoms with E-state index in [0.717, 1.165) is 34.1 Å². The molecular weight excluding hydrogens is 447 g/mol. The number of anilines is 2. The summed E-state index contributed by atoms with van der Waals surface area (Å²) in [6, 6.07) is 15.7. The van der Waals surface area contributed by atoms with E-state index in [9.17, 15) is 22.4 Å². The zero-order valence-electron chi connectivity index (χ0n) is 18.3. The molecule has 3 aromatic rings. The normalized spacial score (nSPS) is 11.0. The summed E-state index contributed by atoms with van der Waals surface area (Å²) in [6.07, 6.45) is 0. The number of rotatable bonds is 7. The van der Waals surface area contributed by atoms with Gasteiger partial charge in [0.15, 0.2) is 0 Å². The highest BCUT2D eigenvalue weighted by atomic mass is 32.2. The van der Waals surface area contributed by atoms with Crippen molar-refractivity contribution in [2.75, 3.05) is 23.3 Å². The Balaban J connectivity index is 1.94. The van der Waals surface area contributed by atoms with Crippen molar-refractivity contribution in [3.63, 3.8) is 0 Å². The number of amides is 1. The molecule has 0 aliphatic rings. The van der Waals surface area contributed by atoms with Crippen LogP contribution < -0.4 is 9.62 Å². The number of carbonyl (C=O) groups is 2. The zero-order chi connectivity index (χ0) is 24.2. The number of methoxy groups -OCH3 is 1. The fourth-order valence-electron chi connectivity index (χ4n) is 3.08. The van der Waals surface area contributed by atoms with Gasteiger partial charge in [-0.3, -0.25) is 9.10 Å². The van der Waals surface area contributed by atoms with Gasteiger partial charge in [-0.25, -0.2) is 17.6 Å². The third-order valence-electron chi connectivity index (χ3n) is 4.94. The molecule has 1 N–H and O–H groups in total. The van der Waals surface area contributed by atoms with Crippen molar-refractivity contribution >= 4 is 33.3 Å². The summed E-state index contributed by atoms with van der Waals surface area (Å²) >= 11 is 0. The summed E-state index contributed by atoms with van der Waals surface area (Å²) in [6.45, 7) is 3.06. The smallest absolute Gasteiger partial charge is 0.337 e. The molecule has 0 saturated carbocycles. The summed E-state index contributed by atoms with van der Waals surface area (Å²) < 4.78 is 45.7. The number of halogens is 1. The van der Waals surface area contributed by atoms with Crippen molar-refractivity contribution in [2.24, 2.45) is 0 Å². The van der Waals surface area contributed by atoms with Gasteiger partial charge in [-0.1, -0.05) is 23.8 Å². The third kappa shape index (κ3) is 5.56. The number of nitrogens with zero attached hydrogens (tertiary/aromatic N) is 1. The first-order valence-corrected chi connectivity index (χ1v) is 11.4. The predicted octanol–water partition coefficient (Wildman–Crippen LogP) is 4.06. The highest BCUT2D eigenvalue weighted by Crippen LogP contribution is 2.25. The Hall–Kier alpha value is -3.72. The molecule has 0 fully saturated rings. The van der Waals surface area contributed by atoms with Crippen LogP contribution in [0.2, 0.25) is 0 Å². The standard InChI is InChI=1S/C24H23FN2O5S/c1-16-4-10-20(11-5-16)27(33(30,31)21-12-8-19(25)9-13-21)15-23(28)26-22-14-18(24(29)32-3)7-6-17(22)2/h4-14H,15H2,1-3H3,(H,26,28). The van der Waals surface area contributed by atoms with E-state index in [1.165, 1.54) is 13.2 Å². The molecule has 0 aromatic heterocycles. The van der Waals surface area contributed by atoms with Crippen LogP contribution in [0, 0.1) is 19.7 Å². The van der Waals surface area contributed by atoms with Crippen molar-refractivity contribution in [2.45, 2.75) is 18.7 Å². The monoisotopic (exact) mass is 470 g/mol. The molecule has 33 heavy (non-hydrogen) atoms. The van der Waals surface area contributed by atoms with Crippen LogP contribution in [0.1, 0.15) is 21.5 Å². The second-order valence-corrected chi connectivity index (χ2v) is 9.23. The molecule has 0 aliphatic carbocycles. The Morgan fingerprint density at radius 2 is 1.61 bits per heavy atom. The zero-order valence-corrected chi connectivity index (χ0v) is 19.1. The lowest BCUT2D eigenvalue weighted by Crippen LogP contribution is -2.38. The van der Waals surface area contributed by atoms with Gasteiger partial charge < -0.3 is 10.1 Å². The first-order chi connectivity index (χ1) is 15.6. The average molecular weight is 471 g/mol. The first kappa shape index (κ1) is 23.9. The van der Waals surface area contributed by atoms with Crippen LogP contribution in [0.25, 0.3) is 0 Å². The highest BCUT2D eigenvalue weighted by Gasteiger charge is 2.27. The number of esters is 1. The summed E-state index contributed by atoms with van der Waals surface area (Å²) in [7, 11) is -2.92. The number of hydrogen-bond acceptors (Lipinski definition) is 5. The van der Waals surface area contributed by atoms with Gasteiger partial charge in [0.05, 0.1) is 23.3 Å². The van der Waals surface area contributed by atoms with Crippen LogP contribution in [0.15, 0.2) is 71.6 Å². The molecule has 0 spiro atoms. The topological polar surface area (TPSA) is 92.8 Å². The first-order valence-electron chi connectivity index (χ1n) is 9.95. The summed E-state index contributed by atoms with van der Waals surface area (Å²) in [5.74, 6) is -1.76. The Morgan fingerprint density at radius 1 is 0.970 bits per heavy atom. The van der Waals surface area contributed by atoms with Crippen molar-refractivity contribution < 1.29 is 27.1 Å². The van der Waals surface area contributed by atoms with Gasteiger partial charge in [-0.2, -0.15) is 0 Å². The number of carbonyl (C=O) groups excluding carboxylic acids is 2. The minimum absolute atomic E-state index is 0.152. The number of benzene rings is 3. The number of nitrogens with one attached hydrogen (secondary N) is 1. The number of sulfonamides is 1. The molecule has 0 unspecified atom stereocenters. The number of aryl methyl sites for hydroxylation is 2. The summed E-state index contributed by atoms with van der Waals surface area (Å²) in [5.41, 5.74) is 2.47. The lowest BCUT2D eigenvalue weighted by Gasteiger charge is -2.24. The fraction of sp³-hybridized carbons (Fsp3) is 0.167. The third-order valence-corrected chi connectivity index (χ3v) is 6.73. The molecule has 7 nitrogen and oxygen atoms in total. The molecule has 0 atom stereocenters. The Morgan fingerprint density at radius 3 is 2.21 bits per heavy atom. The van der Waals surface area contributed by atoms with E-state index in [2.05, 4.69) is 5.32 Å². The number of ether oxygens (including phenoxy) is 1. The van der Waals surface area contributed by atoms with Crippen molar-refractivity contribution in [3.8, 4) is 0 Å². The molecule has 172 valence electrons. The molecule has 9 heteroatoms. The van der Waals surface area contributed by atoms with E-state index >= 15 is 0 Å². The van der Waals surface area contributed by atoms with Crippen LogP contribution in [0.4, 0.5) is 15.8 Å². The van der Waals surface area contributed by atoms with Crippen LogP contribution in [0.3, 0.4) is 0 Å². The molecule has 0 aliphatic heterocycles. The van der Waals surface area contributed by atoms with Gasteiger partial charge in [0, 0.05) is 5.69 Å². The lowest BCUT2D eigenvalue weighted by molar-refractivity contribution is -0.114. The van der Waals surface area contributed by atoms with Crippen molar-refractivity contribution in [3.05, 3.63) is 89.2 Å². The van der Waals surface area contributed by atoms with Crippen LogP contribution in [-0.2, 0) is 19.6 Å². The molecule has 0 bridgehead atoms. The molecule has 1 amide bonds. The predicted molar refractivity (Wildman–Crippen MR) is 123 cm³/mol. The van der Waals surface area contributed by atoms with Crippen LogP contribution in [-0.4, -0.2) is 33.9 Å². The van der Waals surface area contributed by atoms with Crippen molar-refractivity contribution in [1.29, 1.82) is 0 Å². The van der Waals surface area contributed by atoms with Gasteiger partial charge in [0.25, 0.3) is 10.0 Å².